The van der Waals surface area contributed by atoms with Gasteiger partial charge < -0.3 is 4.90 Å². The number of rotatable bonds is 3. The molecular formula is C15H21NO. The van der Waals surface area contributed by atoms with Crippen LogP contribution in [0.4, 0.5) is 5.69 Å². The van der Waals surface area contributed by atoms with Crippen LogP contribution in [0.2, 0.25) is 0 Å². The number of fused-ring (bicyclic) bond motifs is 1. The normalized spacial score (nSPS) is 18.6. The second kappa shape index (κ2) is 4.91. The highest BCUT2D eigenvalue weighted by molar-refractivity contribution is 5.94. The van der Waals surface area contributed by atoms with Crippen molar-refractivity contribution < 1.29 is 4.79 Å². The van der Waals surface area contributed by atoms with Crippen LogP contribution in [0, 0.1) is 5.92 Å². The van der Waals surface area contributed by atoms with Gasteiger partial charge in [0.15, 0.2) is 0 Å². The molecule has 92 valence electrons. The standard InChI is InChI=1S/C15H21NO/c1-4-12(5-2)15-10-13-8-6-7-9-14(13)16(15)11(3)17/h6-9,12,15H,4-5,10H2,1-3H3. The number of hydrogen-bond acceptors (Lipinski definition) is 1. The molecule has 1 aromatic carbocycles. The Kier molecular flexibility index (Phi) is 3.51. The molecule has 1 heterocycles. The summed E-state index contributed by atoms with van der Waals surface area (Å²) in [6, 6.07) is 8.66. The molecule has 0 aromatic heterocycles. The zero-order valence-electron chi connectivity index (χ0n) is 10.9. The minimum absolute atomic E-state index is 0.173. The zero-order valence-corrected chi connectivity index (χ0v) is 10.9. The molecule has 0 saturated heterocycles. The summed E-state index contributed by atoms with van der Waals surface area (Å²) in [6.45, 7) is 6.11. The first-order valence-corrected chi connectivity index (χ1v) is 6.56. The molecule has 17 heavy (non-hydrogen) atoms. The quantitative estimate of drug-likeness (QED) is 0.780. The topological polar surface area (TPSA) is 20.3 Å². The van der Waals surface area contributed by atoms with Crippen molar-refractivity contribution >= 4 is 11.6 Å². The molecule has 1 aliphatic rings. The van der Waals surface area contributed by atoms with E-state index in [2.05, 4.69) is 32.0 Å². The first-order valence-electron chi connectivity index (χ1n) is 6.56. The zero-order chi connectivity index (χ0) is 12.4. The van der Waals surface area contributed by atoms with E-state index in [1.165, 1.54) is 5.56 Å². The molecule has 1 aromatic rings. The van der Waals surface area contributed by atoms with Gasteiger partial charge in [-0.1, -0.05) is 44.9 Å². The largest absolute Gasteiger partial charge is 0.309 e. The summed E-state index contributed by atoms with van der Waals surface area (Å²) in [5, 5.41) is 0. The number of nitrogens with zero attached hydrogens (tertiary/aromatic N) is 1. The van der Waals surface area contributed by atoms with E-state index in [-0.39, 0.29) is 5.91 Å². The molecule has 0 N–H and O–H groups in total. The lowest BCUT2D eigenvalue weighted by atomic mass is 9.91. The lowest BCUT2D eigenvalue weighted by Crippen LogP contribution is -2.40. The molecular weight excluding hydrogens is 210 g/mol. The number of para-hydroxylation sites is 1. The van der Waals surface area contributed by atoms with Crippen LogP contribution in [0.15, 0.2) is 24.3 Å². The maximum atomic E-state index is 11.9. The van der Waals surface area contributed by atoms with Crippen LogP contribution in [-0.4, -0.2) is 11.9 Å². The summed E-state index contributed by atoms with van der Waals surface area (Å²) in [5.74, 6) is 0.776. The Morgan fingerprint density at radius 2 is 2.00 bits per heavy atom. The molecule has 0 fully saturated rings. The fourth-order valence-electron chi connectivity index (χ4n) is 3.03. The summed E-state index contributed by atoms with van der Waals surface area (Å²) in [5.41, 5.74) is 2.44. The fourth-order valence-corrected chi connectivity index (χ4v) is 3.03. The molecule has 2 nitrogen and oxygen atoms in total. The van der Waals surface area contributed by atoms with Crippen molar-refractivity contribution in [2.24, 2.45) is 5.92 Å². The predicted octanol–water partition coefficient (Wildman–Crippen LogP) is 3.40. The van der Waals surface area contributed by atoms with Crippen LogP contribution in [0.5, 0.6) is 0 Å². The third-order valence-electron chi connectivity index (χ3n) is 3.94. The lowest BCUT2D eigenvalue weighted by Gasteiger charge is -2.30. The Bertz CT molecular complexity index is 409. The Labute approximate surface area is 104 Å². The molecule has 1 aliphatic heterocycles. The number of hydrogen-bond donors (Lipinski definition) is 0. The molecule has 0 radical (unpaired) electrons. The lowest BCUT2D eigenvalue weighted by molar-refractivity contribution is -0.117. The van der Waals surface area contributed by atoms with Gasteiger partial charge in [-0.15, -0.1) is 0 Å². The first kappa shape index (κ1) is 12.2. The molecule has 1 amide bonds. The summed E-state index contributed by atoms with van der Waals surface area (Å²) in [7, 11) is 0. The summed E-state index contributed by atoms with van der Waals surface area (Å²) in [4.78, 5) is 13.9. The van der Waals surface area contributed by atoms with E-state index in [1.54, 1.807) is 6.92 Å². The molecule has 0 aliphatic carbocycles. The molecule has 1 atom stereocenters. The summed E-state index contributed by atoms with van der Waals surface area (Å²) < 4.78 is 0. The van der Waals surface area contributed by atoms with E-state index in [0.717, 1.165) is 24.9 Å². The van der Waals surface area contributed by atoms with Crippen LogP contribution < -0.4 is 4.90 Å². The van der Waals surface area contributed by atoms with Gasteiger partial charge in [-0.3, -0.25) is 4.79 Å². The van der Waals surface area contributed by atoms with Crippen molar-refractivity contribution in [2.45, 2.75) is 46.1 Å². The number of anilines is 1. The number of carbonyl (C=O) groups is 1. The van der Waals surface area contributed by atoms with E-state index in [9.17, 15) is 4.79 Å². The first-order chi connectivity index (χ1) is 8.19. The molecule has 1 unspecified atom stereocenters. The Morgan fingerprint density at radius 3 is 2.59 bits per heavy atom. The smallest absolute Gasteiger partial charge is 0.224 e. The Hall–Kier alpha value is -1.31. The van der Waals surface area contributed by atoms with E-state index < -0.39 is 0 Å². The van der Waals surface area contributed by atoms with Gasteiger partial charge in [0.2, 0.25) is 5.91 Å². The van der Waals surface area contributed by atoms with E-state index in [4.69, 9.17) is 0 Å². The van der Waals surface area contributed by atoms with Gasteiger partial charge in [0.25, 0.3) is 0 Å². The summed E-state index contributed by atoms with van der Waals surface area (Å²) >= 11 is 0. The fraction of sp³-hybridized carbons (Fsp3) is 0.533. The van der Waals surface area contributed by atoms with Gasteiger partial charge in [-0.2, -0.15) is 0 Å². The van der Waals surface area contributed by atoms with Gasteiger partial charge >= 0.3 is 0 Å². The van der Waals surface area contributed by atoms with Crippen LogP contribution in [0.3, 0.4) is 0 Å². The third-order valence-corrected chi connectivity index (χ3v) is 3.94. The summed E-state index contributed by atoms with van der Waals surface area (Å²) in [6.07, 6.45) is 3.29. The van der Waals surface area contributed by atoms with E-state index in [0.29, 0.717) is 12.0 Å². The van der Waals surface area contributed by atoms with Gasteiger partial charge in [-0.05, 0) is 24.0 Å². The second-order valence-corrected chi connectivity index (χ2v) is 4.87. The SMILES string of the molecule is CCC(CC)C1Cc2ccccc2N1C(C)=O. The van der Waals surface area contributed by atoms with E-state index in [1.807, 2.05) is 11.0 Å². The average molecular weight is 231 g/mol. The number of benzene rings is 1. The highest BCUT2D eigenvalue weighted by Crippen LogP contribution is 2.36. The van der Waals surface area contributed by atoms with Crippen LogP contribution in [-0.2, 0) is 11.2 Å². The van der Waals surface area contributed by atoms with Gasteiger partial charge in [-0.25, -0.2) is 0 Å². The van der Waals surface area contributed by atoms with Crippen molar-refractivity contribution in [2.75, 3.05) is 4.90 Å². The van der Waals surface area contributed by atoms with Gasteiger partial charge in [0, 0.05) is 18.7 Å². The van der Waals surface area contributed by atoms with Crippen LogP contribution in [0.25, 0.3) is 0 Å². The molecule has 0 saturated carbocycles. The third kappa shape index (κ3) is 2.08. The Morgan fingerprint density at radius 1 is 1.35 bits per heavy atom. The van der Waals surface area contributed by atoms with Gasteiger partial charge in [0.1, 0.15) is 0 Å². The maximum Gasteiger partial charge on any atom is 0.224 e. The highest BCUT2D eigenvalue weighted by atomic mass is 16.2. The number of amides is 1. The Balaban J connectivity index is 2.36. The van der Waals surface area contributed by atoms with Crippen LogP contribution in [0.1, 0.15) is 39.2 Å². The van der Waals surface area contributed by atoms with Crippen molar-refractivity contribution in [1.82, 2.24) is 0 Å². The van der Waals surface area contributed by atoms with Crippen LogP contribution >= 0.6 is 0 Å². The second-order valence-electron chi connectivity index (χ2n) is 4.87. The van der Waals surface area contributed by atoms with Crippen molar-refractivity contribution in [3.8, 4) is 0 Å². The van der Waals surface area contributed by atoms with Gasteiger partial charge in [0.05, 0.1) is 0 Å². The van der Waals surface area contributed by atoms with Crippen molar-refractivity contribution in [1.29, 1.82) is 0 Å². The van der Waals surface area contributed by atoms with Crippen molar-refractivity contribution in [3.63, 3.8) is 0 Å². The van der Waals surface area contributed by atoms with Crippen molar-refractivity contribution in [3.05, 3.63) is 29.8 Å². The highest BCUT2D eigenvalue weighted by Gasteiger charge is 2.35. The molecule has 2 heteroatoms. The minimum Gasteiger partial charge on any atom is -0.309 e. The number of carbonyl (C=O) groups excluding carboxylic acids is 1. The molecule has 0 spiro atoms. The predicted molar refractivity (Wildman–Crippen MR) is 71.2 cm³/mol. The minimum atomic E-state index is 0.173. The van der Waals surface area contributed by atoms with E-state index >= 15 is 0 Å². The molecule has 2 rings (SSSR count). The monoisotopic (exact) mass is 231 g/mol. The average Bonchev–Trinajstić information content (AvgIpc) is 2.69. The maximum absolute atomic E-state index is 11.9. The molecule has 0 bridgehead atoms.